The van der Waals surface area contributed by atoms with Crippen molar-refractivity contribution in [1.82, 2.24) is 9.78 Å². The second kappa shape index (κ2) is 7.56. The van der Waals surface area contributed by atoms with Crippen molar-refractivity contribution in [3.8, 4) is 5.69 Å². The molecule has 30 heavy (non-hydrogen) atoms. The third-order valence-electron chi connectivity index (χ3n) is 7.15. The number of nitrogens with one attached hydrogen (secondary N) is 1. The summed E-state index contributed by atoms with van der Waals surface area (Å²) in [4.78, 5) is 25.0. The number of para-hydroxylation sites is 1. The molecule has 1 aromatic carbocycles. The lowest BCUT2D eigenvalue weighted by molar-refractivity contribution is -0.154. The van der Waals surface area contributed by atoms with Crippen molar-refractivity contribution in [3.63, 3.8) is 0 Å². The van der Waals surface area contributed by atoms with Crippen LogP contribution in [0.5, 0.6) is 0 Å². The zero-order valence-corrected chi connectivity index (χ0v) is 17.5. The highest BCUT2D eigenvalue weighted by Crippen LogP contribution is 2.61. The number of hydrogen-bond acceptors (Lipinski definition) is 4. The quantitative estimate of drug-likeness (QED) is 0.726. The zero-order chi connectivity index (χ0) is 20.7. The number of carbonyl (C=O) groups excluding carboxylic acids is 2. The van der Waals surface area contributed by atoms with Crippen LogP contribution in [0.1, 0.15) is 50.6 Å². The van der Waals surface area contributed by atoms with Gasteiger partial charge in [0.05, 0.1) is 17.8 Å². The third kappa shape index (κ3) is 3.87. The van der Waals surface area contributed by atoms with E-state index in [-0.39, 0.29) is 23.9 Å². The van der Waals surface area contributed by atoms with E-state index in [4.69, 9.17) is 4.74 Å². The van der Waals surface area contributed by atoms with E-state index in [9.17, 15) is 9.59 Å². The van der Waals surface area contributed by atoms with E-state index in [0.717, 1.165) is 48.4 Å². The Kier molecular flexibility index (Phi) is 4.88. The predicted octanol–water partition coefficient (Wildman–Crippen LogP) is 4.27. The van der Waals surface area contributed by atoms with Gasteiger partial charge in [0.15, 0.2) is 6.61 Å². The van der Waals surface area contributed by atoms with Gasteiger partial charge in [-0.15, -0.1) is 0 Å². The van der Waals surface area contributed by atoms with Crippen LogP contribution in [0.4, 0.5) is 5.82 Å². The summed E-state index contributed by atoms with van der Waals surface area (Å²) in [7, 11) is 0. The number of rotatable bonds is 6. The van der Waals surface area contributed by atoms with E-state index < -0.39 is 0 Å². The van der Waals surface area contributed by atoms with Crippen LogP contribution in [0.15, 0.2) is 36.4 Å². The standard InChI is InChI=1S/C24H29N3O3/c1-16-7-21(27(26-16)20-5-3-2-4-6-20)25-22(28)15-30-23(29)14-24-11-17-8-18(12-24)10-19(9-17)13-24/h2-7,17-19H,8-15H2,1H3,(H,25,28). The monoisotopic (exact) mass is 407 g/mol. The molecule has 4 fully saturated rings. The lowest BCUT2D eigenvalue weighted by Crippen LogP contribution is -2.47. The van der Waals surface area contributed by atoms with Crippen molar-refractivity contribution < 1.29 is 14.3 Å². The highest BCUT2D eigenvalue weighted by Gasteiger charge is 2.51. The Morgan fingerprint density at radius 1 is 1.10 bits per heavy atom. The van der Waals surface area contributed by atoms with E-state index in [1.54, 1.807) is 4.68 Å². The summed E-state index contributed by atoms with van der Waals surface area (Å²) in [5.74, 6) is 2.39. The van der Waals surface area contributed by atoms with Gasteiger partial charge in [0.25, 0.3) is 5.91 Å². The van der Waals surface area contributed by atoms with Gasteiger partial charge in [0.1, 0.15) is 5.82 Å². The molecular formula is C24H29N3O3. The first-order chi connectivity index (χ1) is 14.5. The second-order valence-corrected chi connectivity index (χ2v) is 9.72. The molecule has 1 amide bonds. The van der Waals surface area contributed by atoms with Crippen molar-refractivity contribution in [1.29, 1.82) is 0 Å². The number of esters is 1. The molecule has 4 aliphatic rings. The molecule has 4 saturated carbocycles. The topological polar surface area (TPSA) is 73.2 Å². The Hall–Kier alpha value is -2.63. The molecular weight excluding hydrogens is 378 g/mol. The Balaban J connectivity index is 1.17. The van der Waals surface area contributed by atoms with E-state index in [1.807, 2.05) is 43.3 Å². The van der Waals surface area contributed by atoms with E-state index >= 15 is 0 Å². The molecule has 0 atom stereocenters. The molecule has 0 spiro atoms. The molecule has 6 rings (SSSR count). The molecule has 0 radical (unpaired) electrons. The molecule has 1 N–H and O–H groups in total. The molecule has 0 aliphatic heterocycles. The first kappa shape index (κ1) is 19.3. The highest BCUT2D eigenvalue weighted by molar-refractivity contribution is 5.92. The van der Waals surface area contributed by atoms with Gasteiger partial charge in [-0.25, -0.2) is 4.68 Å². The molecule has 2 aromatic rings. The molecule has 6 heteroatoms. The SMILES string of the molecule is Cc1cc(NC(=O)COC(=O)CC23CC4CC(CC(C4)C2)C3)n(-c2ccccc2)n1. The van der Waals surface area contributed by atoms with Gasteiger partial charge in [-0.05, 0) is 80.8 Å². The number of anilines is 1. The summed E-state index contributed by atoms with van der Waals surface area (Å²) >= 11 is 0. The van der Waals surface area contributed by atoms with Gasteiger partial charge in [0.2, 0.25) is 0 Å². The van der Waals surface area contributed by atoms with Crippen molar-refractivity contribution in [3.05, 3.63) is 42.1 Å². The van der Waals surface area contributed by atoms with E-state index in [1.165, 1.54) is 19.3 Å². The van der Waals surface area contributed by atoms with Gasteiger partial charge in [-0.2, -0.15) is 5.10 Å². The molecule has 4 aliphatic carbocycles. The van der Waals surface area contributed by atoms with Crippen molar-refractivity contribution in [2.24, 2.45) is 23.2 Å². The van der Waals surface area contributed by atoms with Crippen LogP contribution in [0.2, 0.25) is 0 Å². The van der Waals surface area contributed by atoms with Crippen LogP contribution in [0.25, 0.3) is 5.69 Å². The average Bonchev–Trinajstić information content (AvgIpc) is 3.05. The first-order valence-corrected chi connectivity index (χ1v) is 11.1. The number of nitrogens with zero attached hydrogens (tertiary/aromatic N) is 2. The summed E-state index contributed by atoms with van der Waals surface area (Å²) in [6.07, 6.45) is 8.01. The molecule has 1 aromatic heterocycles. The smallest absolute Gasteiger partial charge is 0.306 e. The van der Waals surface area contributed by atoms with Gasteiger partial charge in [0, 0.05) is 6.07 Å². The maximum Gasteiger partial charge on any atom is 0.306 e. The maximum atomic E-state index is 12.6. The number of benzene rings is 1. The minimum Gasteiger partial charge on any atom is -0.456 e. The second-order valence-electron chi connectivity index (χ2n) is 9.72. The van der Waals surface area contributed by atoms with Gasteiger partial charge in [-0.1, -0.05) is 18.2 Å². The lowest BCUT2D eigenvalue weighted by atomic mass is 9.49. The number of carbonyl (C=O) groups is 2. The minimum absolute atomic E-state index is 0.130. The maximum absolute atomic E-state index is 12.6. The van der Waals surface area contributed by atoms with Crippen LogP contribution >= 0.6 is 0 Å². The molecule has 0 unspecified atom stereocenters. The number of aryl methyl sites for hydroxylation is 1. The summed E-state index contributed by atoms with van der Waals surface area (Å²) in [5.41, 5.74) is 1.79. The Bertz CT molecular complexity index is 915. The average molecular weight is 408 g/mol. The van der Waals surface area contributed by atoms with Crippen LogP contribution < -0.4 is 5.32 Å². The van der Waals surface area contributed by atoms with Crippen LogP contribution in [0.3, 0.4) is 0 Å². The van der Waals surface area contributed by atoms with Crippen LogP contribution in [-0.2, 0) is 14.3 Å². The van der Waals surface area contributed by atoms with Gasteiger partial charge < -0.3 is 10.1 Å². The molecule has 4 bridgehead atoms. The Labute approximate surface area is 177 Å². The molecule has 6 nitrogen and oxygen atoms in total. The highest BCUT2D eigenvalue weighted by atomic mass is 16.5. The number of hydrogen-bond donors (Lipinski definition) is 1. The molecule has 158 valence electrons. The van der Waals surface area contributed by atoms with Crippen molar-refractivity contribution in [2.75, 3.05) is 11.9 Å². The normalized spacial score (nSPS) is 29.0. The fourth-order valence-corrected chi connectivity index (χ4v) is 6.54. The summed E-state index contributed by atoms with van der Waals surface area (Å²) in [5, 5.41) is 7.27. The fraction of sp³-hybridized carbons (Fsp3) is 0.542. The van der Waals surface area contributed by atoms with Crippen LogP contribution in [-0.4, -0.2) is 28.3 Å². The zero-order valence-electron chi connectivity index (χ0n) is 17.5. The van der Waals surface area contributed by atoms with Crippen LogP contribution in [0, 0.1) is 30.1 Å². The largest absolute Gasteiger partial charge is 0.456 e. The summed E-state index contributed by atoms with van der Waals surface area (Å²) in [6.45, 7) is 1.62. The predicted molar refractivity (Wildman–Crippen MR) is 113 cm³/mol. The molecule has 0 saturated heterocycles. The number of aromatic nitrogens is 2. The Morgan fingerprint density at radius 3 is 2.37 bits per heavy atom. The number of amides is 1. The van der Waals surface area contributed by atoms with Gasteiger partial charge >= 0.3 is 5.97 Å². The lowest BCUT2D eigenvalue weighted by Gasteiger charge is -2.56. The fourth-order valence-electron chi connectivity index (χ4n) is 6.54. The van der Waals surface area contributed by atoms with E-state index in [2.05, 4.69) is 10.4 Å². The summed E-state index contributed by atoms with van der Waals surface area (Å²) in [6, 6.07) is 11.4. The van der Waals surface area contributed by atoms with E-state index in [0.29, 0.717) is 12.2 Å². The molecule has 1 heterocycles. The minimum atomic E-state index is -0.342. The summed E-state index contributed by atoms with van der Waals surface area (Å²) < 4.78 is 7.07. The number of ether oxygens (including phenoxy) is 1. The third-order valence-corrected chi connectivity index (χ3v) is 7.15. The van der Waals surface area contributed by atoms with Crippen molar-refractivity contribution in [2.45, 2.75) is 51.9 Å². The van der Waals surface area contributed by atoms with Gasteiger partial charge in [-0.3, -0.25) is 9.59 Å². The Morgan fingerprint density at radius 2 is 1.73 bits per heavy atom. The van der Waals surface area contributed by atoms with Crippen molar-refractivity contribution >= 4 is 17.7 Å². The first-order valence-electron chi connectivity index (χ1n) is 11.1.